The molecule has 0 saturated carbocycles. The number of amides is 1. The molecule has 1 aliphatic rings. The molecular weight excluding hydrogens is 516 g/mol. The summed E-state index contributed by atoms with van der Waals surface area (Å²) in [5, 5.41) is 4.94. The van der Waals surface area contributed by atoms with Gasteiger partial charge >= 0.3 is 0 Å². The maximum atomic E-state index is 13.2. The van der Waals surface area contributed by atoms with Crippen LogP contribution in [0, 0.1) is 0 Å². The lowest BCUT2D eigenvalue weighted by atomic mass is 10.2. The van der Waals surface area contributed by atoms with E-state index in [1.54, 1.807) is 35.4 Å². The van der Waals surface area contributed by atoms with Crippen molar-refractivity contribution in [2.75, 3.05) is 40.0 Å². The number of nitrogens with zero attached hydrogens (tertiary/aromatic N) is 4. The molecule has 0 unspecified atom stereocenters. The minimum Gasteiger partial charge on any atom is -0.493 e. The normalized spacial score (nSPS) is 14.0. The highest BCUT2D eigenvalue weighted by atomic mass is 79.9. The minimum absolute atomic E-state index is 0.0854. The number of ether oxygens (including phenoxy) is 3. The Bertz CT molecular complexity index is 1300. The summed E-state index contributed by atoms with van der Waals surface area (Å²) in [4.78, 5) is 31.9. The molecule has 1 amide bonds. The predicted octanol–water partition coefficient (Wildman–Crippen LogP) is 3.24. The maximum Gasteiger partial charge on any atom is 0.282 e. The number of halogens is 1. The fourth-order valence-corrected chi connectivity index (χ4v) is 4.11. The molecule has 35 heavy (non-hydrogen) atoms. The molecule has 0 bridgehead atoms. The van der Waals surface area contributed by atoms with Gasteiger partial charge in [-0.15, -0.1) is 0 Å². The van der Waals surface area contributed by atoms with E-state index in [2.05, 4.69) is 26.0 Å². The van der Waals surface area contributed by atoms with E-state index in [-0.39, 0.29) is 18.1 Å². The Balaban J connectivity index is 1.56. The van der Waals surface area contributed by atoms with Gasteiger partial charge in [0.15, 0.2) is 18.1 Å². The van der Waals surface area contributed by atoms with Gasteiger partial charge in [0, 0.05) is 24.0 Å². The minimum atomic E-state index is -0.232. The zero-order valence-corrected chi connectivity index (χ0v) is 21.3. The van der Waals surface area contributed by atoms with Crippen LogP contribution in [0.5, 0.6) is 11.5 Å². The largest absolute Gasteiger partial charge is 0.493 e. The smallest absolute Gasteiger partial charge is 0.282 e. The number of benzene rings is 2. The van der Waals surface area contributed by atoms with E-state index in [9.17, 15) is 9.59 Å². The molecule has 3 aromatic rings. The third-order valence-electron chi connectivity index (χ3n) is 5.57. The summed E-state index contributed by atoms with van der Waals surface area (Å²) in [5.74, 6) is 1.41. The Hall–Kier alpha value is -3.24. The van der Waals surface area contributed by atoms with Gasteiger partial charge in [0.05, 0.1) is 37.4 Å². The molecule has 1 saturated heterocycles. The SMILES string of the molecule is CCCc1nc2ccc(Br)cc2c(=O)n1N=Cc1ccc(OCC(=O)N2CCOCC2)c(OC)c1. The van der Waals surface area contributed by atoms with Crippen LogP contribution in [-0.4, -0.2) is 66.7 Å². The summed E-state index contributed by atoms with van der Waals surface area (Å²) in [7, 11) is 1.53. The van der Waals surface area contributed by atoms with E-state index in [0.29, 0.717) is 66.5 Å². The fourth-order valence-electron chi connectivity index (χ4n) is 3.75. The topological polar surface area (TPSA) is 95.3 Å². The molecule has 1 fully saturated rings. The first-order valence-corrected chi connectivity index (χ1v) is 12.2. The van der Waals surface area contributed by atoms with Crippen molar-refractivity contribution in [2.24, 2.45) is 5.10 Å². The first kappa shape index (κ1) is 24.9. The Morgan fingerprint density at radius 3 is 2.74 bits per heavy atom. The van der Waals surface area contributed by atoms with Gasteiger partial charge in [-0.25, -0.2) is 4.98 Å². The molecule has 0 aliphatic carbocycles. The van der Waals surface area contributed by atoms with Crippen molar-refractivity contribution in [1.82, 2.24) is 14.6 Å². The van der Waals surface area contributed by atoms with Crippen LogP contribution in [-0.2, 0) is 16.0 Å². The number of methoxy groups -OCH3 is 1. The number of fused-ring (bicyclic) bond motifs is 1. The van der Waals surface area contributed by atoms with Gasteiger partial charge in [-0.1, -0.05) is 22.9 Å². The number of carbonyl (C=O) groups is 1. The zero-order valence-electron chi connectivity index (χ0n) is 19.7. The number of hydrogen-bond donors (Lipinski definition) is 0. The lowest BCUT2D eigenvalue weighted by molar-refractivity contribution is -0.137. The predicted molar refractivity (Wildman–Crippen MR) is 137 cm³/mol. The van der Waals surface area contributed by atoms with Crippen molar-refractivity contribution in [2.45, 2.75) is 19.8 Å². The number of aromatic nitrogens is 2. The Morgan fingerprint density at radius 2 is 2.00 bits per heavy atom. The summed E-state index contributed by atoms with van der Waals surface area (Å²) in [6, 6.07) is 10.7. The summed E-state index contributed by atoms with van der Waals surface area (Å²) in [5.41, 5.74) is 1.12. The van der Waals surface area contributed by atoms with E-state index in [0.717, 1.165) is 10.9 Å². The van der Waals surface area contributed by atoms with Gasteiger partial charge < -0.3 is 19.1 Å². The first-order valence-electron chi connectivity index (χ1n) is 11.4. The molecule has 1 aromatic heterocycles. The monoisotopic (exact) mass is 542 g/mol. The molecule has 10 heteroatoms. The molecule has 0 spiro atoms. The van der Waals surface area contributed by atoms with Crippen LogP contribution in [0.25, 0.3) is 10.9 Å². The van der Waals surface area contributed by atoms with Gasteiger partial charge in [0.2, 0.25) is 0 Å². The number of hydrogen-bond acceptors (Lipinski definition) is 7. The van der Waals surface area contributed by atoms with Gasteiger partial charge in [0.1, 0.15) is 5.82 Å². The van der Waals surface area contributed by atoms with Crippen molar-refractivity contribution in [1.29, 1.82) is 0 Å². The number of aryl methyl sites for hydroxylation is 1. The Morgan fingerprint density at radius 1 is 1.20 bits per heavy atom. The van der Waals surface area contributed by atoms with E-state index < -0.39 is 0 Å². The van der Waals surface area contributed by atoms with Crippen LogP contribution in [0.3, 0.4) is 0 Å². The van der Waals surface area contributed by atoms with Crippen LogP contribution in [0.4, 0.5) is 0 Å². The summed E-state index contributed by atoms with van der Waals surface area (Å²) < 4.78 is 18.6. The number of rotatable bonds is 8. The lowest BCUT2D eigenvalue weighted by Gasteiger charge is -2.26. The van der Waals surface area contributed by atoms with E-state index in [1.807, 2.05) is 19.1 Å². The van der Waals surface area contributed by atoms with Crippen molar-refractivity contribution in [3.63, 3.8) is 0 Å². The lowest BCUT2D eigenvalue weighted by Crippen LogP contribution is -2.43. The van der Waals surface area contributed by atoms with Crippen molar-refractivity contribution < 1.29 is 19.0 Å². The van der Waals surface area contributed by atoms with Gasteiger partial charge in [-0.3, -0.25) is 9.59 Å². The van der Waals surface area contributed by atoms with Crippen LogP contribution >= 0.6 is 15.9 Å². The third kappa shape index (κ3) is 5.88. The van der Waals surface area contributed by atoms with Gasteiger partial charge in [-0.05, 0) is 48.4 Å². The van der Waals surface area contributed by atoms with Crippen LogP contribution in [0.2, 0.25) is 0 Å². The van der Waals surface area contributed by atoms with Gasteiger partial charge in [0.25, 0.3) is 11.5 Å². The van der Waals surface area contributed by atoms with Crippen LogP contribution in [0.15, 0.2) is 50.8 Å². The van der Waals surface area contributed by atoms with Crippen molar-refractivity contribution in [3.8, 4) is 11.5 Å². The molecule has 2 heterocycles. The van der Waals surface area contributed by atoms with Gasteiger partial charge in [-0.2, -0.15) is 9.78 Å². The zero-order chi connectivity index (χ0) is 24.8. The third-order valence-corrected chi connectivity index (χ3v) is 6.07. The molecule has 4 rings (SSSR count). The second-order valence-electron chi connectivity index (χ2n) is 7.99. The molecule has 0 N–H and O–H groups in total. The molecular formula is C25H27BrN4O5. The molecule has 1 aliphatic heterocycles. The quantitative estimate of drug-likeness (QED) is 0.405. The molecule has 2 aromatic carbocycles. The second-order valence-corrected chi connectivity index (χ2v) is 8.91. The van der Waals surface area contributed by atoms with Crippen LogP contribution in [0.1, 0.15) is 24.7 Å². The molecule has 0 radical (unpaired) electrons. The highest BCUT2D eigenvalue weighted by molar-refractivity contribution is 9.10. The molecule has 0 atom stereocenters. The maximum absolute atomic E-state index is 13.2. The number of carbonyl (C=O) groups excluding carboxylic acids is 1. The second kappa shape index (κ2) is 11.5. The average molecular weight is 543 g/mol. The highest BCUT2D eigenvalue weighted by Crippen LogP contribution is 2.27. The van der Waals surface area contributed by atoms with E-state index in [4.69, 9.17) is 14.2 Å². The van der Waals surface area contributed by atoms with E-state index in [1.165, 1.54) is 11.8 Å². The standard InChI is InChI=1S/C25H27BrN4O5/c1-3-4-23-28-20-7-6-18(26)14-19(20)25(32)30(23)27-15-17-5-8-21(22(13-17)33-2)35-16-24(31)29-9-11-34-12-10-29/h5-8,13-15H,3-4,9-12,16H2,1-2H3. The Labute approximate surface area is 211 Å². The number of morpholine rings is 1. The Kier molecular flexibility index (Phi) is 8.14. The summed E-state index contributed by atoms with van der Waals surface area (Å²) in [6.45, 7) is 4.15. The highest BCUT2D eigenvalue weighted by Gasteiger charge is 2.18. The molecule has 184 valence electrons. The van der Waals surface area contributed by atoms with E-state index >= 15 is 0 Å². The summed E-state index contributed by atoms with van der Waals surface area (Å²) in [6.07, 6.45) is 3.02. The van der Waals surface area contributed by atoms with Crippen LogP contribution < -0.4 is 15.0 Å². The average Bonchev–Trinajstić information content (AvgIpc) is 2.88. The fraction of sp³-hybridized carbons (Fsp3) is 0.360. The molecule has 9 nitrogen and oxygen atoms in total. The first-order chi connectivity index (χ1) is 17.0. The van der Waals surface area contributed by atoms with Crippen molar-refractivity contribution >= 4 is 39.0 Å². The van der Waals surface area contributed by atoms with Crippen molar-refractivity contribution in [3.05, 3.63) is 62.6 Å². The summed E-state index contributed by atoms with van der Waals surface area (Å²) >= 11 is 3.41.